The van der Waals surface area contributed by atoms with Crippen molar-refractivity contribution in [3.63, 3.8) is 0 Å². The highest BCUT2D eigenvalue weighted by Crippen LogP contribution is 2.39. The Hall–Kier alpha value is -1.12. The Morgan fingerprint density at radius 1 is 1.33 bits per heavy atom. The van der Waals surface area contributed by atoms with E-state index in [-0.39, 0.29) is 34.6 Å². The minimum atomic E-state index is -4.40. The number of halogens is 3. The molecule has 0 aliphatic rings. The molecule has 0 aliphatic heterocycles. The molecule has 0 saturated heterocycles. The van der Waals surface area contributed by atoms with Crippen molar-refractivity contribution in [2.75, 3.05) is 18.5 Å². The van der Waals surface area contributed by atoms with Crippen molar-refractivity contribution in [3.05, 3.63) is 18.2 Å². The van der Waals surface area contributed by atoms with E-state index in [2.05, 4.69) is 5.32 Å². The molecule has 0 amide bonds. The van der Waals surface area contributed by atoms with Gasteiger partial charge in [-0.15, -0.1) is 0 Å². The first-order chi connectivity index (χ1) is 8.31. The van der Waals surface area contributed by atoms with Crippen LogP contribution in [0, 0.1) is 0 Å². The zero-order valence-corrected chi connectivity index (χ0v) is 9.92. The number of alkyl halides is 3. The highest BCUT2D eigenvalue weighted by atomic mass is 32.2. The van der Waals surface area contributed by atoms with Gasteiger partial charge in [-0.1, -0.05) is 0 Å². The van der Waals surface area contributed by atoms with Crippen molar-refractivity contribution in [1.82, 2.24) is 0 Å². The molecular weight excluding hydrogens is 271 g/mol. The van der Waals surface area contributed by atoms with Crippen LogP contribution in [0.25, 0.3) is 0 Å². The van der Waals surface area contributed by atoms with E-state index in [0.29, 0.717) is 0 Å². The van der Waals surface area contributed by atoms with Gasteiger partial charge in [0, 0.05) is 11.4 Å². The van der Waals surface area contributed by atoms with Gasteiger partial charge in [0.15, 0.2) is 0 Å². The smallest absolute Gasteiger partial charge is 0.446 e. The summed E-state index contributed by atoms with van der Waals surface area (Å²) < 4.78 is 36.4. The number of benzene rings is 1. The Labute approximate surface area is 105 Å². The van der Waals surface area contributed by atoms with Gasteiger partial charge in [0.05, 0.1) is 18.4 Å². The quantitative estimate of drug-likeness (QED) is 0.489. The van der Waals surface area contributed by atoms with Gasteiger partial charge in [0.2, 0.25) is 0 Å². The van der Waals surface area contributed by atoms with Crippen LogP contribution in [0.5, 0.6) is 5.75 Å². The molecule has 0 fully saturated rings. The average molecular weight is 283 g/mol. The largest absolute Gasteiger partial charge is 0.506 e. The van der Waals surface area contributed by atoms with Gasteiger partial charge in [0.1, 0.15) is 5.75 Å². The van der Waals surface area contributed by atoms with Gasteiger partial charge < -0.3 is 20.6 Å². The topological polar surface area (TPSA) is 72.7 Å². The molecule has 0 bridgehead atoms. The number of rotatable bonds is 5. The summed E-state index contributed by atoms with van der Waals surface area (Å²) in [6.07, 6.45) is -1.05. The summed E-state index contributed by atoms with van der Waals surface area (Å²) in [6, 6.07) is 3.39. The van der Waals surface area contributed by atoms with Crippen molar-refractivity contribution >= 4 is 17.4 Å². The third kappa shape index (κ3) is 5.03. The third-order valence-corrected chi connectivity index (χ3v) is 2.66. The first-order valence-electron chi connectivity index (χ1n) is 4.93. The van der Waals surface area contributed by atoms with E-state index in [4.69, 9.17) is 10.2 Å². The van der Waals surface area contributed by atoms with E-state index in [1.54, 1.807) is 0 Å². The molecule has 0 aliphatic carbocycles. The zero-order chi connectivity index (χ0) is 13.8. The van der Waals surface area contributed by atoms with E-state index in [9.17, 15) is 18.3 Å². The van der Waals surface area contributed by atoms with E-state index >= 15 is 0 Å². The van der Waals surface area contributed by atoms with E-state index in [1.807, 2.05) is 0 Å². The minimum Gasteiger partial charge on any atom is -0.506 e. The van der Waals surface area contributed by atoms with Crippen LogP contribution in [0.1, 0.15) is 0 Å². The summed E-state index contributed by atoms with van der Waals surface area (Å²) in [5, 5.41) is 29.6. The molecule has 0 spiro atoms. The summed E-state index contributed by atoms with van der Waals surface area (Å²) in [4.78, 5) is -0.0821. The fourth-order valence-electron chi connectivity index (χ4n) is 1.15. The second kappa shape index (κ2) is 6.17. The fourth-order valence-corrected chi connectivity index (χ4v) is 1.73. The number of phenolic OH excluding ortho intramolecular Hbond substituents is 1. The number of aliphatic hydroxyl groups is 2. The molecule has 1 aromatic carbocycles. The lowest BCUT2D eigenvalue weighted by Crippen LogP contribution is -2.22. The van der Waals surface area contributed by atoms with Crippen LogP contribution in [0.2, 0.25) is 0 Å². The molecule has 102 valence electrons. The van der Waals surface area contributed by atoms with E-state index in [1.165, 1.54) is 0 Å². The predicted molar refractivity (Wildman–Crippen MR) is 61.6 cm³/mol. The average Bonchev–Trinajstić information content (AvgIpc) is 2.27. The SMILES string of the molecule is OCC(O)CNc1cc(SC(F)(F)F)ccc1O. The Bertz CT molecular complexity index is 400. The molecule has 0 saturated carbocycles. The molecule has 1 atom stereocenters. The number of aromatic hydroxyl groups is 1. The Morgan fingerprint density at radius 2 is 2.00 bits per heavy atom. The molecule has 4 nitrogen and oxygen atoms in total. The van der Waals surface area contributed by atoms with Crippen LogP contribution in [0.4, 0.5) is 18.9 Å². The molecule has 0 radical (unpaired) electrons. The summed E-state index contributed by atoms with van der Waals surface area (Å²) >= 11 is -0.299. The number of aliphatic hydroxyl groups excluding tert-OH is 2. The Balaban J connectivity index is 2.75. The monoisotopic (exact) mass is 283 g/mol. The summed E-state index contributed by atoms with van der Waals surface area (Å²) in [5.41, 5.74) is -4.34. The van der Waals surface area contributed by atoms with Gasteiger partial charge in [-0.05, 0) is 30.0 Å². The van der Waals surface area contributed by atoms with Crippen molar-refractivity contribution in [1.29, 1.82) is 0 Å². The first kappa shape index (κ1) is 14.9. The molecule has 1 rings (SSSR count). The lowest BCUT2D eigenvalue weighted by atomic mass is 10.2. The second-order valence-corrected chi connectivity index (χ2v) is 4.58. The summed E-state index contributed by atoms with van der Waals surface area (Å²) in [5.74, 6) is -0.230. The number of hydrogen-bond donors (Lipinski definition) is 4. The van der Waals surface area contributed by atoms with Gasteiger partial charge in [-0.2, -0.15) is 13.2 Å². The van der Waals surface area contributed by atoms with E-state index in [0.717, 1.165) is 18.2 Å². The van der Waals surface area contributed by atoms with Crippen LogP contribution in [-0.2, 0) is 0 Å². The van der Waals surface area contributed by atoms with Crippen LogP contribution in [0.3, 0.4) is 0 Å². The number of nitrogens with one attached hydrogen (secondary N) is 1. The van der Waals surface area contributed by atoms with Crippen LogP contribution >= 0.6 is 11.8 Å². The molecule has 1 unspecified atom stereocenters. The molecule has 8 heteroatoms. The predicted octanol–water partition coefficient (Wildman–Crippen LogP) is 1.77. The zero-order valence-electron chi connectivity index (χ0n) is 9.11. The third-order valence-electron chi connectivity index (χ3n) is 1.94. The molecule has 4 N–H and O–H groups in total. The van der Waals surface area contributed by atoms with Gasteiger partial charge in [-0.25, -0.2) is 0 Å². The first-order valence-corrected chi connectivity index (χ1v) is 5.75. The Morgan fingerprint density at radius 3 is 2.56 bits per heavy atom. The lowest BCUT2D eigenvalue weighted by molar-refractivity contribution is -0.0328. The van der Waals surface area contributed by atoms with Gasteiger partial charge >= 0.3 is 5.51 Å². The maximum absolute atomic E-state index is 12.1. The highest BCUT2D eigenvalue weighted by molar-refractivity contribution is 8.00. The molecule has 0 aromatic heterocycles. The number of hydrogen-bond acceptors (Lipinski definition) is 5. The number of thioether (sulfide) groups is 1. The Kier molecular flexibility index (Phi) is 5.12. The van der Waals surface area contributed by atoms with Crippen molar-refractivity contribution < 1.29 is 28.5 Å². The van der Waals surface area contributed by atoms with E-state index < -0.39 is 18.2 Å². The summed E-state index contributed by atoms with van der Waals surface area (Å²) in [7, 11) is 0. The summed E-state index contributed by atoms with van der Waals surface area (Å²) in [6.45, 7) is -0.561. The van der Waals surface area contributed by atoms with Crippen molar-refractivity contribution in [2.45, 2.75) is 16.5 Å². The molecular formula is C10H12F3NO3S. The van der Waals surface area contributed by atoms with Crippen LogP contribution < -0.4 is 5.32 Å². The molecule has 1 aromatic rings. The molecule has 0 heterocycles. The normalized spacial score (nSPS) is 13.4. The van der Waals surface area contributed by atoms with Crippen LogP contribution in [0.15, 0.2) is 23.1 Å². The maximum atomic E-state index is 12.1. The maximum Gasteiger partial charge on any atom is 0.446 e. The number of anilines is 1. The minimum absolute atomic E-state index is 0.0664. The number of phenols is 1. The van der Waals surface area contributed by atoms with Gasteiger partial charge in [-0.3, -0.25) is 0 Å². The standard InChI is InChI=1S/C10H12F3NO3S/c11-10(12,13)18-7-1-2-9(17)8(3-7)14-4-6(16)5-15/h1-3,6,14-17H,4-5H2. The van der Waals surface area contributed by atoms with Gasteiger partial charge in [0.25, 0.3) is 0 Å². The van der Waals surface area contributed by atoms with Crippen LogP contribution in [-0.4, -0.2) is 40.1 Å². The molecule has 18 heavy (non-hydrogen) atoms. The van der Waals surface area contributed by atoms with Crippen molar-refractivity contribution in [2.24, 2.45) is 0 Å². The van der Waals surface area contributed by atoms with Crippen molar-refractivity contribution in [3.8, 4) is 5.75 Å². The second-order valence-electron chi connectivity index (χ2n) is 3.44. The lowest BCUT2D eigenvalue weighted by Gasteiger charge is -2.13. The highest BCUT2D eigenvalue weighted by Gasteiger charge is 2.29. The fraction of sp³-hybridized carbons (Fsp3) is 0.400.